The third kappa shape index (κ3) is 5.02. The van der Waals surface area contributed by atoms with Crippen LogP contribution in [0.25, 0.3) is 28.0 Å². The molecule has 2 aliphatic rings. The number of hydrogen-bond donors (Lipinski definition) is 1. The lowest BCUT2D eigenvalue weighted by atomic mass is 9.86. The van der Waals surface area contributed by atoms with Crippen molar-refractivity contribution in [3.63, 3.8) is 0 Å². The molecule has 4 nitrogen and oxygen atoms in total. The largest absolute Gasteiger partial charge is 0.324 e. The number of nitrogens with one attached hydrogen (secondary N) is 1. The quantitative estimate of drug-likeness (QED) is 0.278. The molecule has 4 aromatic carbocycles. The van der Waals surface area contributed by atoms with Crippen LogP contribution in [0, 0.1) is 5.92 Å². The molecule has 0 aliphatic carbocycles. The molecule has 0 fully saturated rings. The second kappa shape index (κ2) is 10.1. The third-order valence-corrected chi connectivity index (χ3v) is 8.32. The highest BCUT2D eigenvalue weighted by molar-refractivity contribution is 6.33. The number of rotatable bonds is 4. The number of hydrogen-bond acceptors (Lipinski definition) is 2. The van der Waals surface area contributed by atoms with Crippen LogP contribution < -0.4 is 5.32 Å². The van der Waals surface area contributed by atoms with Gasteiger partial charge in [0.05, 0.1) is 17.0 Å². The number of amides is 2. The van der Waals surface area contributed by atoms with Gasteiger partial charge in [-0.3, -0.25) is 9.59 Å². The van der Waals surface area contributed by atoms with Gasteiger partial charge in [0.15, 0.2) is 0 Å². The first-order valence-corrected chi connectivity index (χ1v) is 14.5. The molecule has 2 amide bonds. The van der Waals surface area contributed by atoms with Gasteiger partial charge in [0.25, 0.3) is 5.91 Å². The normalized spacial score (nSPS) is 16.9. The van der Waals surface area contributed by atoms with Crippen molar-refractivity contribution in [2.75, 3.05) is 0 Å². The van der Waals surface area contributed by atoms with E-state index in [4.69, 9.17) is 0 Å². The molecule has 0 saturated carbocycles. The Balaban J connectivity index is 1.24. The van der Waals surface area contributed by atoms with Gasteiger partial charge in [-0.2, -0.15) is 0 Å². The van der Waals surface area contributed by atoms with E-state index >= 15 is 0 Å². The number of benzene rings is 4. The summed E-state index contributed by atoms with van der Waals surface area (Å²) < 4.78 is 0. The van der Waals surface area contributed by atoms with Gasteiger partial charge in [-0.15, -0.1) is 0 Å². The molecule has 1 N–H and O–H groups in total. The average molecular weight is 553 g/mol. The van der Waals surface area contributed by atoms with Crippen LogP contribution >= 0.6 is 0 Å². The number of carbonyl (C=O) groups is 2. The second-order valence-electron chi connectivity index (χ2n) is 13.3. The number of fused-ring (bicyclic) bond motifs is 1. The highest BCUT2D eigenvalue weighted by atomic mass is 16.2. The smallest absolute Gasteiger partial charge is 0.276 e. The maximum absolute atomic E-state index is 13.2. The zero-order valence-corrected chi connectivity index (χ0v) is 25.1. The molecule has 2 heterocycles. The zero-order chi connectivity index (χ0) is 29.8. The van der Waals surface area contributed by atoms with Gasteiger partial charge in [-0.25, -0.2) is 4.99 Å². The van der Waals surface area contributed by atoms with E-state index < -0.39 is 5.92 Å². The fourth-order valence-electron chi connectivity index (χ4n) is 5.71. The lowest BCUT2D eigenvalue weighted by Gasteiger charge is -2.19. The van der Waals surface area contributed by atoms with Crippen LogP contribution in [-0.4, -0.2) is 17.5 Å². The molecule has 210 valence electrons. The van der Waals surface area contributed by atoms with Crippen molar-refractivity contribution in [3.8, 4) is 22.3 Å². The van der Waals surface area contributed by atoms with Gasteiger partial charge in [0.1, 0.15) is 5.92 Å². The molecule has 4 heteroatoms. The zero-order valence-electron chi connectivity index (χ0n) is 25.1. The van der Waals surface area contributed by atoms with E-state index in [0.29, 0.717) is 17.0 Å². The third-order valence-electron chi connectivity index (χ3n) is 8.32. The maximum Gasteiger partial charge on any atom is 0.276 e. The van der Waals surface area contributed by atoms with Crippen molar-refractivity contribution in [2.45, 2.75) is 52.4 Å². The lowest BCUT2D eigenvalue weighted by molar-refractivity contribution is -0.121. The first-order chi connectivity index (χ1) is 19.9. The minimum atomic E-state index is -0.700. The molecular weight excluding hydrogens is 516 g/mol. The van der Waals surface area contributed by atoms with Crippen LogP contribution in [0.2, 0.25) is 0 Å². The molecule has 1 unspecified atom stereocenters. The summed E-state index contributed by atoms with van der Waals surface area (Å²) in [6.45, 7) is 13.2. The first kappa shape index (κ1) is 27.6. The lowest BCUT2D eigenvalue weighted by Crippen LogP contribution is -2.26. The molecule has 0 aromatic heterocycles. The SMILES string of the molecule is CC(C)(C)c1ccc(-c2ccc(C3=NC(=O)C4=C(c5ccc(-c6ccc(C(C)(C)C)cc6)cc5)NC(=O)C34)cc2)cc1. The van der Waals surface area contributed by atoms with E-state index in [9.17, 15) is 9.59 Å². The van der Waals surface area contributed by atoms with Crippen molar-refractivity contribution in [2.24, 2.45) is 10.9 Å². The Morgan fingerprint density at radius 1 is 0.524 bits per heavy atom. The van der Waals surface area contributed by atoms with E-state index in [1.807, 2.05) is 48.5 Å². The number of nitrogens with zero attached hydrogens (tertiary/aromatic N) is 1. The summed E-state index contributed by atoms with van der Waals surface area (Å²) in [6.07, 6.45) is 0. The Labute approximate surface area is 248 Å². The Morgan fingerprint density at radius 3 is 1.29 bits per heavy atom. The first-order valence-electron chi connectivity index (χ1n) is 14.5. The molecule has 42 heavy (non-hydrogen) atoms. The highest BCUT2D eigenvalue weighted by Gasteiger charge is 2.45. The maximum atomic E-state index is 13.2. The fourth-order valence-corrected chi connectivity index (χ4v) is 5.71. The molecule has 4 aromatic rings. The van der Waals surface area contributed by atoms with E-state index in [0.717, 1.165) is 33.4 Å². The summed E-state index contributed by atoms with van der Waals surface area (Å²) in [7, 11) is 0. The Morgan fingerprint density at radius 2 is 0.881 bits per heavy atom. The fraction of sp³-hybridized carbons (Fsp3) is 0.237. The molecule has 1 atom stereocenters. The van der Waals surface area contributed by atoms with Crippen LogP contribution in [-0.2, 0) is 20.4 Å². The van der Waals surface area contributed by atoms with Gasteiger partial charge < -0.3 is 5.32 Å². The van der Waals surface area contributed by atoms with E-state index in [1.54, 1.807) is 0 Å². The monoisotopic (exact) mass is 552 g/mol. The van der Waals surface area contributed by atoms with Crippen molar-refractivity contribution in [3.05, 3.63) is 125 Å². The summed E-state index contributed by atoms with van der Waals surface area (Å²) in [5.41, 5.74) is 10.2. The Bertz CT molecular complexity index is 1740. The minimum Gasteiger partial charge on any atom is -0.324 e. The average Bonchev–Trinajstić information content (AvgIpc) is 3.50. The van der Waals surface area contributed by atoms with Gasteiger partial charge in [0.2, 0.25) is 5.91 Å². The van der Waals surface area contributed by atoms with Crippen LogP contribution in [0.3, 0.4) is 0 Å². The summed E-state index contributed by atoms with van der Waals surface area (Å²) in [5, 5.41) is 2.98. The summed E-state index contributed by atoms with van der Waals surface area (Å²) in [4.78, 5) is 30.7. The minimum absolute atomic E-state index is 0.0991. The second-order valence-corrected chi connectivity index (χ2v) is 13.3. The highest BCUT2D eigenvalue weighted by Crippen LogP contribution is 2.38. The molecule has 6 rings (SSSR count). The van der Waals surface area contributed by atoms with E-state index in [-0.39, 0.29) is 22.6 Å². The van der Waals surface area contributed by atoms with Crippen LogP contribution in [0.15, 0.2) is 108 Å². The summed E-state index contributed by atoms with van der Waals surface area (Å²) in [6, 6.07) is 33.1. The number of carbonyl (C=O) groups excluding carboxylic acids is 2. The predicted molar refractivity (Wildman–Crippen MR) is 171 cm³/mol. The van der Waals surface area contributed by atoms with Gasteiger partial charge >= 0.3 is 0 Å². The predicted octanol–water partition coefficient (Wildman–Crippen LogP) is 8.10. The van der Waals surface area contributed by atoms with Crippen molar-refractivity contribution in [1.29, 1.82) is 0 Å². The summed E-state index contributed by atoms with van der Waals surface area (Å²) in [5.74, 6) is -1.27. The van der Waals surface area contributed by atoms with E-state index in [2.05, 4.69) is 100 Å². The molecule has 0 bridgehead atoms. The Kier molecular flexibility index (Phi) is 6.61. The van der Waals surface area contributed by atoms with Crippen LogP contribution in [0.5, 0.6) is 0 Å². The number of aliphatic imine (C=N–C) groups is 1. The van der Waals surface area contributed by atoms with E-state index in [1.165, 1.54) is 11.1 Å². The van der Waals surface area contributed by atoms with Crippen LogP contribution in [0.1, 0.15) is 63.8 Å². The molecule has 0 radical (unpaired) electrons. The summed E-state index contributed by atoms with van der Waals surface area (Å²) >= 11 is 0. The molecular formula is C38H36N2O2. The standard InChI is InChI=1S/C38H36N2O2/c1-37(2,3)29-19-15-25(16-20-29)23-7-11-27(12-8-23)33-31-32(36(42)39-33)34(40-35(31)41)28-13-9-24(10-14-28)26-17-21-30(22-18-26)38(4,5)6/h7-22,31H,1-6H3,(H,40,41). The van der Waals surface area contributed by atoms with Gasteiger partial charge in [-0.1, -0.05) is 139 Å². The Hall–Kier alpha value is -4.57. The van der Waals surface area contributed by atoms with Crippen molar-refractivity contribution in [1.82, 2.24) is 5.32 Å². The van der Waals surface area contributed by atoms with Crippen molar-refractivity contribution < 1.29 is 9.59 Å². The van der Waals surface area contributed by atoms with Crippen LogP contribution in [0.4, 0.5) is 0 Å². The van der Waals surface area contributed by atoms with Crippen molar-refractivity contribution >= 4 is 23.2 Å². The van der Waals surface area contributed by atoms with Gasteiger partial charge in [0, 0.05) is 0 Å². The molecule has 0 spiro atoms. The topological polar surface area (TPSA) is 58.5 Å². The molecule has 2 aliphatic heterocycles. The van der Waals surface area contributed by atoms with Gasteiger partial charge in [-0.05, 0) is 55.3 Å². The molecule has 0 saturated heterocycles.